The van der Waals surface area contributed by atoms with Crippen LogP contribution >= 0.6 is 22.7 Å². The summed E-state index contributed by atoms with van der Waals surface area (Å²) in [6, 6.07) is 9.83. The standard InChI is InChI=1S/C13H9NOS2/c15-11(9-5-6-16-8-9)7-13-14-10-3-1-2-4-12(10)17-13/h1-6,8H,7H2. The van der Waals surface area contributed by atoms with Crippen molar-refractivity contribution in [2.75, 3.05) is 0 Å². The molecule has 0 aliphatic rings. The van der Waals surface area contributed by atoms with Gasteiger partial charge in [-0.1, -0.05) is 12.1 Å². The summed E-state index contributed by atoms with van der Waals surface area (Å²) in [4.78, 5) is 16.4. The van der Waals surface area contributed by atoms with E-state index in [1.165, 1.54) is 0 Å². The van der Waals surface area contributed by atoms with Crippen LogP contribution < -0.4 is 0 Å². The summed E-state index contributed by atoms with van der Waals surface area (Å²) >= 11 is 3.14. The fraction of sp³-hybridized carbons (Fsp3) is 0.0769. The molecule has 0 N–H and O–H groups in total. The van der Waals surface area contributed by atoms with Crippen LogP contribution in [-0.4, -0.2) is 10.8 Å². The zero-order valence-corrected chi connectivity index (χ0v) is 10.6. The van der Waals surface area contributed by atoms with E-state index in [2.05, 4.69) is 4.98 Å². The molecule has 0 spiro atoms. The topological polar surface area (TPSA) is 30.0 Å². The summed E-state index contributed by atoms with van der Waals surface area (Å²) in [5.41, 5.74) is 1.76. The van der Waals surface area contributed by atoms with Gasteiger partial charge >= 0.3 is 0 Å². The minimum atomic E-state index is 0.144. The number of benzene rings is 1. The zero-order chi connectivity index (χ0) is 11.7. The first-order chi connectivity index (χ1) is 8.33. The number of para-hydroxylation sites is 1. The van der Waals surface area contributed by atoms with Gasteiger partial charge in [-0.2, -0.15) is 11.3 Å². The van der Waals surface area contributed by atoms with Crippen molar-refractivity contribution in [2.24, 2.45) is 0 Å². The summed E-state index contributed by atoms with van der Waals surface area (Å²) < 4.78 is 1.14. The smallest absolute Gasteiger partial charge is 0.170 e. The van der Waals surface area contributed by atoms with Crippen LogP contribution in [0.2, 0.25) is 0 Å². The first-order valence-electron chi connectivity index (χ1n) is 5.23. The van der Waals surface area contributed by atoms with Gasteiger partial charge in [0.25, 0.3) is 0 Å². The maximum absolute atomic E-state index is 11.9. The number of carbonyl (C=O) groups is 1. The molecule has 0 atom stereocenters. The Morgan fingerprint density at radius 2 is 2.12 bits per heavy atom. The van der Waals surface area contributed by atoms with Gasteiger partial charge in [0.1, 0.15) is 5.01 Å². The molecular formula is C13H9NOS2. The number of carbonyl (C=O) groups excluding carboxylic acids is 1. The lowest BCUT2D eigenvalue weighted by Gasteiger charge is -1.92. The highest BCUT2D eigenvalue weighted by molar-refractivity contribution is 7.18. The molecule has 0 aliphatic heterocycles. The van der Waals surface area contributed by atoms with Gasteiger partial charge in [0.2, 0.25) is 0 Å². The summed E-state index contributed by atoms with van der Waals surface area (Å²) in [5, 5.41) is 4.70. The fourth-order valence-electron chi connectivity index (χ4n) is 1.66. The molecule has 2 heterocycles. The highest BCUT2D eigenvalue weighted by Gasteiger charge is 2.10. The van der Waals surface area contributed by atoms with Crippen LogP contribution in [-0.2, 0) is 6.42 Å². The van der Waals surface area contributed by atoms with Crippen LogP contribution in [0.1, 0.15) is 15.4 Å². The summed E-state index contributed by atoms with van der Waals surface area (Å²) in [7, 11) is 0. The molecule has 0 amide bonds. The molecule has 0 radical (unpaired) electrons. The normalized spacial score (nSPS) is 10.8. The van der Waals surface area contributed by atoms with Crippen molar-refractivity contribution < 1.29 is 4.79 Å². The van der Waals surface area contributed by atoms with Crippen LogP contribution in [0.3, 0.4) is 0 Å². The van der Waals surface area contributed by atoms with Gasteiger partial charge in [0, 0.05) is 10.9 Å². The molecule has 0 fully saturated rings. The van der Waals surface area contributed by atoms with Gasteiger partial charge in [0.05, 0.1) is 16.6 Å². The molecule has 0 bridgehead atoms. The second-order valence-electron chi connectivity index (χ2n) is 3.69. The maximum atomic E-state index is 11.9. The molecule has 84 valence electrons. The van der Waals surface area contributed by atoms with Crippen molar-refractivity contribution in [1.29, 1.82) is 0 Å². The summed E-state index contributed by atoms with van der Waals surface area (Å²) in [6.45, 7) is 0. The lowest BCUT2D eigenvalue weighted by atomic mass is 10.2. The Kier molecular flexibility index (Phi) is 2.74. The van der Waals surface area contributed by atoms with Crippen molar-refractivity contribution in [2.45, 2.75) is 6.42 Å². The minimum Gasteiger partial charge on any atom is -0.294 e. The zero-order valence-electron chi connectivity index (χ0n) is 8.92. The Balaban J connectivity index is 1.88. The third-order valence-corrected chi connectivity index (χ3v) is 4.21. The number of ketones is 1. The minimum absolute atomic E-state index is 0.144. The number of hydrogen-bond donors (Lipinski definition) is 0. The number of aromatic nitrogens is 1. The van der Waals surface area contributed by atoms with Crippen LogP contribution in [0.15, 0.2) is 41.1 Å². The second kappa shape index (κ2) is 4.39. The molecule has 0 aliphatic carbocycles. The first-order valence-corrected chi connectivity index (χ1v) is 6.99. The quantitative estimate of drug-likeness (QED) is 0.670. The summed E-state index contributed by atoms with van der Waals surface area (Å²) in [5.74, 6) is 0.144. The Morgan fingerprint density at radius 1 is 1.24 bits per heavy atom. The van der Waals surface area contributed by atoms with Gasteiger partial charge in [-0.15, -0.1) is 11.3 Å². The molecule has 0 saturated carbocycles. The molecule has 1 aromatic carbocycles. The van der Waals surface area contributed by atoms with E-state index in [1.807, 2.05) is 41.1 Å². The predicted molar refractivity (Wildman–Crippen MR) is 72.0 cm³/mol. The van der Waals surface area contributed by atoms with E-state index < -0.39 is 0 Å². The number of rotatable bonds is 3. The van der Waals surface area contributed by atoms with Gasteiger partial charge in [-0.05, 0) is 23.6 Å². The van der Waals surface area contributed by atoms with E-state index >= 15 is 0 Å². The SMILES string of the molecule is O=C(Cc1nc2ccccc2s1)c1ccsc1. The van der Waals surface area contributed by atoms with E-state index in [0.717, 1.165) is 20.8 Å². The molecule has 4 heteroatoms. The van der Waals surface area contributed by atoms with Gasteiger partial charge in [-0.3, -0.25) is 4.79 Å². The average molecular weight is 259 g/mol. The van der Waals surface area contributed by atoms with Crippen LogP contribution in [0.25, 0.3) is 10.2 Å². The largest absolute Gasteiger partial charge is 0.294 e. The lowest BCUT2D eigenvalue weighted by molar-refractivity contribution is 0.0993. The number of nitrogens with zero attached hydrogens (tertiary/aromatic N) is 1. The van der Waals surface area contributed by atoms with Crippen molar-refractivity contribution in [1.82, 2.24) is 4.98 Å². The number of fused-ring (bicyclic) bond motifs is 1. The number of thiophene rings is 1. The molecule has 0 saturated heterocycles. The highest BCUT2D eigenvalue weighted by atomic mass is 32.1. The average Bonchev–Trinajstić information content (AvgIpc) is 2.97. The molecule has 2 nitrogen and oxygen atoms in total. The fourth-order valence-corrected chi connectivity index (χ4v) is 3.28. The number of Topliss-reactive ketones (excluding diaryl/α,β-unsaturated/α-hetero) is 1. The molecular weight excluding hydrogens is 250 g/mol. The van der Waals surface area contributed by atoms with E-state index in [-0.39, 0.29) is 5.78 Å². The predicted octanol–water partition coefficient (Wildman–Crippen LogP) is 3.78. The Bertz CT molecular complexity index is 622. The van der Waals surface area contributed by atoms with Crippen LogP contribution in [0.5, 0.6) is 0 Å². The first kappa shape index (κ1) is 10.6. The second-order valence-corrected chi connectivity index (χ2v) is 5.58. The van der Waals surface area contributed by atoms with Gasteiger partial charge in [0.15, 0.2) is 5.78 Å². The lowest BCUT2D eigenvalue weighted by Crippen LogP contribution is -2.01. The van der Waals surface area contributed by atoms with Crippen molar-refractivity contribution >= 4 is 38.7 Å². The van der Waals surface area contributed by atoms with Crippen molar-refractivity contribution in [3.8, 4) is 0 Å². The Morgan fingerprint density at radius 3 is 2.88 bits per heavy atom. The van der Waals surface area contributed by atoms with Crippen molar-refractivity contribution in [3.63, 3.8) is 0 Å². The van der Waals surface area contributed by atoms with E-state index in [4.69, 9.17) is 0 Å². The summed E-state index contributed by atoms with van der Waals surface area (Å²) in [6.07, 6.45) is 0.399. The van der Waals surface area contributed by atoms with Gasteiger partial charge in [-0.25, -0.2) is 4.98 Å². The third-order valence-electron chi connectivity index (χ3n) is 2.49. The van der Waals surface area contributed by atoms with Gasteiger partial charge < -0.3 is 0 Å². The number of hydrogen-bond acceptors (Lipinski definition) is 4. The van der Waals surface area contributed by atoms with E-state index in [1.54, 1.807) is 22.7 Å². The monoisotopic (exact) mass is 259 g/mol. The number of thiazole rings is 1. The van der Waals surface area contributed by atoms with E-state index in [0.29, 0.717) is 6.42 Å². The van der Waals surface area contributed by atoms with E-state index in [9.17, 15) is 4.79 Å². The van der Waals surface area contributed by atoms with Crippen LogP contribution in [0, 0.1) is 0 Å². The molecule has 17 heavy (non-hydrogen) atoms. The molecule has 3 aromatic rings. The molecule has 2 aromatic heterocycles. The molecule has 3 rings (SSSR count). The van der Waals surface area contributed by atoms with Crippen molar-refractivity contribution in [3.05, 3.63) is 51.7 Å². The molecule has 0 unspecified atom stereocenters. The Hall–Kier alpha value is -1.52. The van der Waals surface area contributed by atoms with Crippen LogP contribution in [0.4, 0.5) is 0 Å². The maximum Gasteiger partial charge on any atom is 0.170 e. The highest BCUT2D eigenvalue weighted by Crippen LogP contribution is 2.22. The Labute approximate surface area is 107 Å². The third kappa shape index (κ3) is 2.14.